The molecule has 4 N–H and O–H groups in total. The third kappa shape index (κ3) is 6.20. The number of carbonyl (C=O) groups excluding carboxylic acids is 3. The van der Waals surface area contributed by atoms with Crippen LogP contribution in [0.5, 0.6) is 0 Å². The molecule has 2 aromatic carbocycles. The molecule has 0 saturated heterocycles. The molecule has 0 bridgehead atoms. The number of benzene rings is 2. The van der Waals surface area contributed by atoms with Gasteiger partial charge in [0.15, 0.2) is 5.76 Å². The summed E-state index contributed by atoms with van der Waals surface area (Å²) in [4.78, 5) is 36.2. The van der Waals surface area contributed by atoms with Gasteiger partial charge in [-0.1, -0.05) is 17.7 Å². The monoisotopic (exact) mass is 420 g/mol. The van der Waals surface area contributed by atoms with Crippen LogP contribution >= 0.6 is 0 Å². The summed E-state index contributed by atoms with van der Waals surface area (Å²) in [6.07, 6.45) is 1.42. The molecule has 1 heterocycles. The number of amides is 4. The molecular weight excluding hydrogens is 396 g/mol. The predicted molar refractivity (Wildman–Crippen MR) is 118 cm³/mol. The zero-order chi connectivity index (χ0) is 22.2. The van der Waals surface area contributed by atoms with Gasteiger partial charge in [0, 0.05) is 30.0 Å². The Balaban J connectivity index is 1.44. The van der Waals surface area contributed by atoms with Crippen molar-refractivity contribution in [3.05, 3.63) is 83.3 Å². The Morgan fingerprint density at radius 2 is 1.55 bits per heavy atom. The van der Waals surface area contributed by atoms with E-state index in [4.69, 9.17) is 4.42 Å². The molecule has 0 aliphatic rings. The van der Waals surface area contributed by atoms with E-state index in [0.717, 1.165) is 16.8 Å². The average Bonchev–Trinajstić information content (AvgIpc) is 3.28. The van der Waals surface area contributed by atoms with Crippen molar-refractivity contribution in [3.63, 3.8) is 0 Å². The van der Waals surface area contributed by atoms with Gasteiger partial charge >= 0.3 is 6.03 Å². The van der Waals surface area contributed by atoms with Crippen LogP contribution in [0.1, 0.15) is 32.0 Å². The fraction of sp³-hybridized carbons (Fsp3) is 0.174. The smallest absolute Gasteiger partial charge is 0.323 e. The molecule has 31 heavy (non-hydrogen) atoms. The molecule has 4 amide bonds. The molecule has 0 aliphatic carbocycles. The number of aryl methyl sites for hydroxylation is 2. The Morgan fingerprint density at radius 1 is 0.839 bits per heavy atom. The number of hydrogen-bond acceptors (Lipinski definition) is 4. The minimum absolute atomic E-state index is 0.219. The summed E-state index contributed by atoms with van der Waals surface area (Å²) in [6.45, 7) is 4.46. The highest BCUT2D eigenvalue weighted by Crippen LogP contribution is 2.17. The van der Waals surface area contributed by atoms with E-state index in [1.54, 1.807) is 36.4 Å². The second-order valence-corrected chi connectivity index (χ2v) is 6.96. The van der Waals surface area contributed by atoms with Gasteiger partial charge in [0.05, 0.1) is 6.26 Å². The zero-order valence-corrected chi connectivity index (χ0v) is 17.3. The lowest BCUT2D eigenvalue weighted by Crippen LogP contribution is -2.34. The molecule has 8 heteroatoms. The van der Waals surface area contributed by atoms with E-state index in [1.807, 2.05) is 32.0 Å². The van der Waals surface area contributed by atoms with Gasteiger partial charge in [-0.2, -0.15) is 0 Å². The molecule has 3 aromatic rings. The van der Waals surface area contributed by atoms with Crippen LogP contribution < -0.4 is 21.3 Å². The van der Waals surface area contributed by atoms with Crippen molar-refractivity contribution >= 4 is 29.2 Å². The number of urea groups is 1. The first kappa shape index (κ1) is 21.6. The lowest BCUT2D eigenvalue weighted by molar-refractivity contribution is 0.0910. The Kier molecular flexibility index (Phi) is 7.05. The highest BCUT2D eigenvalue weighted by Gasteiger charge is 2.09. The quantitative estimate of drug-likeness (QED) is 0.437. The van der Waals surface area contributed by atoms with Crippen molar-refractivity contribution in [1.82, 2.24) is 10.6 Å². The summed E-state index contributed by atoms with van der Waals surface area (Å²) in [5.74, 6) is -0.400. The zero-order valence-electron chi connectivity index (χ0n) is 17.3. The van der Waals surface area contributed by atoms with Crippen LogP contribution in [0, 0.1) is 13.8 Å². The molecule has 8 nitrogen and oxygen atoms in total. The van der Waals surface area contributed by atoms with Crippen LogP contribution in [0.3, 0.4) is 0 Å². The van der Waals surface area contributed by atoms with Crippen molar-refractivity contribution in [2.45, 2.75) is 13.8 Å². The van der Waals surface area contributed by atoms with E-state index in [-0.39, 0.29) is 36.7 Å². The summed E-state index contributed by atoms with van der Waals surface area (Å²) < 4.78 is 4.99. The van der Waals surface area contributed by atoms with Crippen molar-refractivity contribution in [2.75, 3.05) is 23.7 Å². The van der Waals surface area contributed by atoms with Gasteiger partial charge in [-0.3, -0.25) is 9.59 Å². The molecule has 0 atom stereocenters. The summed E-state index contributed by atoms with van der Waals surface area (Å²) in [5, 5.41) is 10.9. The number of furan rings is 1. The molecule has 1 aromatic heterocycles. The van der Waals surface area contributed by atoms with Gasteiger partial charge in [0.2, 0.25) is 0 Å². The molecule has 0 saturated carbocycles. The average molecular weight is 420 g/mol. The van der Waals surface area contributed by atoms with Crippen molar-refractivity contribution in [3.8, 4) is 0 Å². The van der Waals surface area contributed by atoms with E-state index in [2.05, 4.69) is 21.3 Å². The fourth-order valence-corrected chi connectivity index (χ4v) is 2.89. The van der Waals surface area contributed by atoms with E-state index in [0.29, 0.717) is 11.3 Å². The predicted octanol–water partition coefficient (Wildman–Crippen LogP) is 3.70. The van der Waals surface area contributed by atoms with Gasteiger partial charge < -0.3 is 25.7 Å². The van der Waals surface area contributed by atoms with Crippen LogP contribution in [0.2, 0.25) is 0 Å². The second-order valence-electron chi connectivity index (χ2n) is 6.96. The molecule has 0 aliphatic heterocycles. The van der Waals surface area contributed by atoms with Crippen LogP contribution in [0.4, 0.5) is 16.2 Å². The SMILES string of the molecule is Cc1ccc(NC(=O)Nc2ccc(C(=O)NCCNC(=O)c3ccco3)cc2)c(C)c1. The van der Waals surface area contributed by atoms with Crippen LogP contribution in [0.25, 0.3) is 0 Å². The molecule has 0 unspecified atom stereocenters. The fourth-order valence-electron chi connectivity index (χ4n) is 2.89. The number of anilines is 2. The van der Waals surface area contributed by atoms with Crippen LogP contribution in [0.15, 0.2) is 65.3 Å². The Labute approximate surface area is 180 Å². The van der Waals surface area contributed by atoms with Crippen LogP contribution in [-0.2, 0) is 0 Å². The van der Waals surface area contributed by atoms with Crippen molar-refractivity contribution in [2.24, 2.45) is 0 Å². The Morgan fingerprint density at radius 3 is 2.19 bits per heavy atom. The summed E-state index contributed by atoms with van der Waals surface area (Å²) in [5.41, 5.74) is 3.83. The van der Waals surface area contributed by atoms with Gasteiger partial charge in [-0.25, -0.2) is 4.79 Å². The van der Waals surface area contributed by atoms with Gasteiger partial charge in [-0.15, -0.1) is 0 Å². The maximum Gasteiger partial charge on any atom is 0.323 e. The third-order valence-electron chi connectivity index (χ3n) is 4.48. The topological polar surface area (TPSA) is 112 Å². The Bertz CT molecular complexity index is 1060. The summed E-state index contributed by atoms with van der Waals surface area (Å²) in [7, 11) is 0. The first-order valence-corrected chi connectivity index (χ1v) is 9.77. The van der Waals surface area contributed by atoms with E-state index >= 15 is 0 Å². The van der Waals surface area contributed by atoms with Gasteiger partial charge in [0.1, 0.15) is 0 Å². The summed E-state index contributed by atoms with van der Waals surface area (Å²) >= 11 is 0. The molecule has 3 rings (SSSR count). The lowest BCUT2D eigenvalue weighted by Gasteiger charge is -2.11. The largest absolute Gasteiger partial charge is 0.459 e. The molecule has 0 radical (unpaired) electrons. The maximum atomic E-state index is 12.2. The standard InChI is InChI=1S/C23H24N4O4/c1-15-5-10-19(16(2)14-15)27-23(30)26-18-8-6-17(7-9-18)21(28)24-11-12-25-22(29)20-4-3-13-31-20/h3-10,13-14H,11-12H2,1-2H3,(H,24,28)(H,25,29)(H2,26,27,30). The second kappa shape index (κ2) is 10.1. The normalized spacial score (nSPS) is 10.3. The number of rotatable bonds is 7. The van der Waals surface area contributed by atoms with Crippen LogP contribution in [-0.4, -0.2) is 30.9 Å². The van der Waals surface area contributed by atoms with E-state index in [1.165, 1.54) is 6.26 Å². The molecular formula is C23H24N4O4. The van der Waals surface area contributed by atoms with Gasteiger partial charge in [0.25, 0.3) is 11.8 Å². The third-order valence-corrected chi connectivity index (χ3v) is 4.48. The highest BCUT2D eigenvalue weighted by molar-refractivity contribution is 6.01. The van der Waals surface area contributed by atoms with E-state index in [9.17, 15) is 14.4 Å². The summed E-state index contributed by atoms with van der Waals surface area (Å²) in [6, 6.07) is 15.1. The first-order valence-electron chi connectivity index (χ1n) is 9.77. The first-order chi connectivity index (χ1) is 14.9. The number of nitrogens with one attached hydrogen (secondary N) is 4. The minimum Gasteiger partial charge on any atom is -0.459 e. The highest BCUT2D eigenvalue weighted by atomic mass is 16.3. The van der Waals surface area contributed by atoms with E-state index < -0.39 is 0 Å². The number of hydrogen-bond donors (Lipinski definition) is 4. The van der Waals surface area contributed by atoms with Crippen molar-refractivity contribution < 1.29 is 18.8 Å². The van der Waals surface area contributed by atoms with Crippen molar-refractivity contribution in [1.29, 1.82) is 0 Å². The van der Waals surface area contributed by atoms with Gasteiger partial charge in [-0.05, 0) is 61.9 Å². The Hall–Kier alpha value is -4.07. The molecule has 0 spiro atoms. The molecule has 160 valence electrons. The minimum atomic E-state index is -0.364. The maximum absolute atomic E-state index is 12.2. The lowest BCUT2D eigenvalue weighted by atomic mass is 10.1. The molecule has 0 fully saturated rings. The number of carbonyl (C=O) groups is 3.